The van der Waals surface area contributed by atoms with Crippen molar-refractivity contribution >= 4 is 61.7 Å². The summed E-state index contributed by atoms with van der Waals surface area (Å²) in [5.41, 5.74) is 28.7. The van der Waals surface area contributed by atoms with Crippen molar-refractivity contribution in [3.8, 4) is 55.6 Å². The van der Waals surface area contributed by atoms with Crippen LogP contribution in [0.25, 0.3) is 55.6 Å². The van der Waals surface area contributed by atoms with Gasteiger partial charge < -0.3 is 48.7 Å². The molecule has 10 nitrogen and oxygen atoms in total. The molecule has 286 valence electrons. The number of benzene rings is 6. The Morgan fingerprint density at radius 2 is 0.483 bits per heavy atom. The number of hydrogen-bond donors (Lipinski definition) is 2. The zero-order chi connectivity index (χ0) is 39.0. The molecule has 4 aliphatic heterocycles. The van der Waals surface area contributed by atoms with Crippen LogP contribution in [0.15, 0.2) is 121 Å². The average molecular weight is 768 g/mol. The van der Waals surface area contributed by atoms with Gasteiger partial charge in [-0.3, -0.25) is 0 Å². The topological polar surface area (TPSA) is 126 Å². The number of nitrogens with two attached hydrogens (primary N) is 2. The van der Waals surface area contributed by atoms with Gasteiger partial charge in [0.2, 0.25) is 0 Å². The van der Waals surface area contributed by atoms with E-state index in [9.17, 15) is 0 Å². The molecule has 0 aliphatic carbocycles. The van der Waals surface area contributed by atoms with Crippen molar-refractivity contribution in [2.75, 3.05) is 64.3 Å². The third-order valence-corrected chi connectivity index (χ3v) is 11.1. The van der Waals surface area contributed by atoms with Gasteiger partial charge in [0.1, 0.15) is 0 Å². The molecule has 0 bridgehead atoms. The van der Waals surface area contributed by atoms with Crippen molar-refractivity contribution in [2.24, 2.45) is 0 Å². The Morgan fingerprint density at radius 1 is 0.276 bits per heavy atom. The highest BCUT2D eigenvalue weighted by atomic mass is 16.6. The molecule has 4 N–H and O–H groups in total. The third-order valence-electron chi connectivity index (χ3n) is 11.1. The van der Waals surface area contributed by atoms with Crippen LogP contribution in [0.4, 0.5) is 11.4 Å². The van der Waals surface area contributed by atoms with Gasteiger partial charge in [0.15, 0.2) is 0 Å². The van der Waals surface area contributed by atoms with Gasteiger partial charge in [0.05, 0.1) is 52.9 Å². The minimum absolute atomic E-state index is 0.406. The van der Waals surface area contributed by atoms with Gasteiger partial charge in [-0.25, -0.2) is 0 Å². The molecule has 0 radical (unpaired) electrons. The van der Waals surface area contributed by atoms with E-state index in [1.165, 1.54) is 0 Å². The van der Waals surface area contributed by atoms with Gasteiger partial charge >= 0.3 is 28.5 Å². The summed E-state index contributed by atoms with van der Waals surface area (Å²) in [6.45, 7) is 4.49. The first-order valence-corrected chi connectivity index (χ1v) is 19.8. The van der Waals surface area contributed by atoms with Crippen molar-refractivity contribution in [3.05, 3.63) is 121 Å². The molecule has 6 aromatic carbocycles. The highest BCUT2D eigenvalue weighted by Gasteiger charge is 2.32. The van der Waals surface area contributed by atoms with E-state index in [0.29, 0.717) is 64.2 Å². The fourth-order valence-corrected chi connectivity index (χ4v) is 8.32. The number of nitrogen functional groups attached to an aromatic ring is 2. The molecule has 10 rings (SSSR count). The molecule has 0 unspecified atom stereocenters. The second-order valence-corrected chi connectivity index (χ2v) is 14.7. The second kappa shape index (κ2) is 16.2. The molecule has 4 fully saturated rings. The summed E-state index contributed by atoms with van der Waals surface area (Å²) in [7, 11) is -1.63. The molecule has 4 saturated heterocycles. The summed E-state index contributed by atoms with van der Waals surface area (Å²) in [6.07, 6.45) is 0. The summed E-state index contributed by atoms with van der Waals surface area (Å²) in [5.74, 6) is 0. The second-order valence-electron chi connectivity index (χ2n) is 14.7. The normalized spacial score (nSPS) is 16.9. The molecule has 0 spiro atoms. The van der Waals surface area contributed by atoms with E-state index in [-0.39, 0.29) is 0 Å². The maximum atomic E-state index is 7.68. The lowest BCUT2D eigenvalue weighted by Crippen LogP contribution is -2.31. The Morgan fingerprint density at radius 3 is 0.741 bits per heavy atom. The van der Waals surface area contributed by atoms with Crippen molar-refractivity contribution in [2.45, 2.75) is 0 Å². The first-order chi connectivity index (χ1) is 28.6. The molecule has 14 heteroatoms. The van der Waals surface area contributed by atoms with Gasteiger partial charge in [-0.2, -0.15) is 0 Å². The van der Waals surface area contributed by atoms with Crippen molar-refractivity contribution in [3.63, 3.8) is 0 Å². The van der Waals surface area contributed by atoms with Gasteiger partial charge in [0, 0.05) is 33.6 Å². The molecular weight excluding hydrogens is 728 g/mol. The van der Waals surface area contributed by atoms with Gasteiger partial charge in [0.25, 0.3) is 0 Å². The van der Waals surface area contributed by atoms with Crippen molar-refractivity contribution < 1.29 is 37.2 Å². The minimum Gasteiger partial charge on any atom is -0.405 e. The van der Waals surface area contributed by atoms with Crippen molar-refractivity contribution in [1.82, 2.24) is 0 Å². The first kappa shape index (κ1) is 37.2. The van der Waals surface area contributed by atoms with E-state index in [2.05, 4.69) is 109 Å². The molecule has 0 amide bonds. The van der Waals surface area contributed by atoms with Crippen LogP contribution in [0, 0.1) is 0 Å². The van der Waals surface area contributed by atoms with Crippen LogP contribution in [-0.4, -0.2) is 81.3 Å². The van der Waals surface area contributed by atoms with Crippen LogP contribution in [0.1, 0.15) is 0 Å². The largest absolute Gasteiger partial charge is 0.494 e. The number of hydrogen-bond acceptors (Lipinski definition) is 10. The molecule has 4 aliphatic rings. The maximum absolute atomic E-state index is 7.68. The van der Waals surface area contributed by atoms with Crippen LogP contribution in [0.5, 0.6) is 0 Å². The Kier molecular flexibility index (Phi) is 10.4. The molecule has 58 heavy (non-hydrogen) atoms. The molecule has 4 heterocycles. The van der Waals surface area contributed by atoms with Crippen LogP contribution in [-0.2, 0) is 37.2 Å². The lowest BCUT2D eigenvalue weighted by Gasteiger charge is -2.27. The Balaban J connectivity index is 1.26. The highest BCUT2D eigenvalue weighted by molar-refractivity contribution is 6.63. The van der Waals surface area contributed by atoms with E-state index < -0.39 is 28.5 Å². The van der Waals surface area contributed by atoms with Gasteiger partial charge in [-0.1, -0.05) is 109 Å². The predicted octanol–water partition coefficient (Wildman–Crippen LogP) is 4.15. The summed E-state index contributed by atoms with van der Waals surface area (Å²) < 4.78 is 46.9. The van der Waals surface area contributed by atoms with Crippen LogP contribution < -0.4 is 33.3 Å². The number of anilines is 2. The Hall–Kier alpha value is -5.14. The maximum Gasteiger partial charge on any atom is 0.494 e. The lowest BCUT2D eigenvalue weighted by molar-refractivity contribution is 0.365. The fraction of sp³-hybridized carbons (Fsp3) is 0.182. The van der Waals surface area contributed by atoms with Gasteiger partial charge in [-0.15, -0.1) is 0 Å². The summed E-state index contributed by atoms with van der Waals surface area (Å²) in [4.78, 5) is 0. The average Bonchev–Trinajstić information content (AvgIpc) is 4.13. The summed E-state index contributed by atoms with van der Waals surface area (Å²) >= 11 is 0. The van der Waals surface area contributed by atoms with E-state index >= 15 is 0 Å². The van der Waals surface area contributed by atoms with Crippen LogP contribution in [0.3, 0.4) is 0 Å². The zero-order valence-corrected chi connectivity index (χ0v) is 31.9. The van der Waals surface area contributed by atoms with E-state index in [0.717, 1.165) is 77.5 Å². The van der Waals surface area contributed by atoms with E-state index in [1.807, 2.05) is 12.1 Å². The van der Waals surface area contributed by atoms with Crippen LogP contribution >= 0.6 is 0 Å². The number of rotatable bonds is 9. The molecular formula is C44H40B4N2O8. The fourth-order valence-electron chi connectivity index (χ4n) is 8.32. The zero-order valence-electron chi connectivity index (χ0n) is 31.9. The Bertz CT molecular complexity index is 2240. The predicted molar refractivity (Wildman–Crippen MR) is 232 cm³/mol. The van der Waals surface area contributed by atoms with E-state index in [4.69, 9.17) is 48.7 Å². The lowest BCUT2D eigenvalue weighted by atomic mass is 9.73. The quantitative estimate of drug-likeness (QED) is 0.164. The monoisotopic (exact) mass is 768 g/mol. The SMILES string of the molecule is Nc1ccc(-c2c(-c3ccc(B4OCCO4)cc3)c(-c3ccc(B4OCCO4)cc3)c(N)c(-c3ccc(B4OCCO4)cc3)c2-c2ccc(B3OCCO3)cc2)cc1. The molecule has 0 atom stereocenters. The molecule has 0 aromatic heterocycles. The first-order valence-electron chi connectivity index (χ1n) is 19.8. The molecule has 0 saturated carbocycles. The summed E-state index contributed by atoms with van der Waals surface area (Å²) in [6, 6.07) is 41.5. The highest BCUT2D eigenvalue weighted by Crippen LogP contribution is 2.54. The summed E-state index contributed by atoms with van der Waals surface area (Å²) in [5, 5.41) is 0. The smallest absolute Gasteiger partial charge is 0.405 e. The van der Waals surface area contributed by atoms with Gasteiger partial charge in [-0.05, 0) is 67.4 Å². The van der Waals surface area contributed by atoms with E-state index in [1.54, 1.807) is 0 Å². The third kappa shape index (κ3) is 7.16. The van der Waals surface area contributed by atoms with Crippen LogP contribution in [0.2, 0.25) is 0 Å². The Labute approximate surface area is 339 Å². The molecule has 6 aromatic rings. The minimum atomic E-state index is -0.407. The standard InChI is InChI=1S/C44H40B4N2O8/c49-38-19-9-31(10-20-38)39-40(29-1-11-34(12-2-29)45-51-21-22-52-45)42(32-5-15-36(16-6-32)47-55-25-26-56-47)44(50)43(33-7-17-37(18-8-33)48-57-27-28-58-48)41(39)30-3-13-35(14-4-30)46-53-23-24-54-46/h1-20H,21-28,49-50H2. The van der Waals surface area contributed by atoms with Crippen molar-refractivity contribution in [1.29, 1.82) is 0 Å².